The van der Waals surface area contributed by atoms with Crippen LogP contribution in [-0.2, 0) is 9.53 Å². The summed E-state index contributed by atoms with van der Waals surface area (Å²) in [7, 11) is 0. The van der Waals surface area contributed by atoms with E-state index >= 15 is 0 Å². The van der Waals surface area contributed by atoms with Gasteiger partial charge in [-0.05, 0) is 19.1 Å². The number of hydrogen-bond acceptors (Lipinski definition) is 3. The molecule has 0 heterocycles. The molecular weight excluding hydrogens is 204 g/mol. The number of carbonyl (C=O) groups is 1. The lowest BCUT2D eigenvalue weighted by molar-refractivity contribution is -0.112. The van der Waals surface area contributed by atoms with Gasteiger partial charge < -0.3 is 10.1 Å². The van der Waals surface area contributed by atoms with Crippen LogP contribution in [-0.4, -0.2) is 12.5 Å². The zero-order valence-corrected chi connectivity index (χ0v) is 8.93. The van der Waals surface area contributed by atoms with Crippen molar-refractivity contribution >= 4 is 11.6 Å². The highest BCUT2D eigenvalue weighted by Gasteiger charge is 2.08. The monoisotopic (exact) mass is 216 g/mol. The van der Waals surface area contributed by atoms with E-state index in [9.17, 15) is 4.79 Å². The Hall–Kier alpha value is -2.28. The van der Waals surface area contributed by atoms with E-state index in [-0.39, 0.29) is 5.57 Å². The van der Waals surface area contributed by atoms with E-state index < -0.39 is 5.91 Å². The molecule has 4 heteroatoms. The van der Waals surface area contributed by atoms with Gasteiger partial charge in [0.15, 0.2) is 5.57 Å². The second-order valence-electron chi connectivity index (χ2n) is 2.92. The molecule has 0 radical (unpaired) electrons. The zero-order valence-electron chi connectivity index (χ0n) is 8.93. The van der Waals surface area contributed by atoms with E-state index in [2.05, 4.69) is 5.32 Å². The molecule has 1 rings (SSSR count). The van der Waals surface area contributed by atoms with Crippen LogP contribution >= 0.6 is 0 Å². The van der Waals surface area contributed by atoms with Crippen molar-refractivity contribution in [3.05, 3.63) is 42.2 Å². The second kappa shape index (κ2) is 6.25. The number of nitrogens with zero attached hydrogens (tertiary/aromatic N) is 1. The first-order valence-electron chi connectivity index (χ1n) is 4.86. The standard InChI is InChI=1S/C12H12N2O2/c1-2-16-9-10(8-13)12(15)14-11-6-4-3-5-7-11/h3-7,9H,2H2,1H3,(H,14,15)/b10-9+. The minimum absolute atomic E-state index is 0.0503. The summed E-state index contributed by atoms with van der Waals surface area (Å²) >= 11 is 0. The third-order valence-corrected chi connectivity index (χ3v) is 1.76. The summed E-state index contributed by atoms with van der Waals surface area (Å²) in [5, 5.41) is 11.3. The third kappa shape index (κ3) is 3.46. The molecule has 82 valence electrons. The van der Waals surface area contributed by atoms with Crippen LogP contribution < -0.4 is 5.32 Å². The Labute approximate surface area is 94.1 Å². The maximum Gasteiger partial charge on any atom is 0.269 e. The summed E-state index contributed by atoms with van der Waals surface area (Å²) in [4.78, 5) is 11.6. The fraction of sp³-hybridized carbons (Fsp3) is 0.167. The minimum atomic E-state index is -0.470. The van der Waals surface area contributed by atoms with Gasteiger partial charge in [-0.1, -0.05) is 18.2 Å². The van der Waals surface area contributed by atoms with Gasteiger partial charge in [0.1, 0.15) is 12.3 Å². The molecule has 0 fully saturated rings. The number of ether oxygens (including phenoxy) is 1. The predicted molar refractivity (Wildman–Crippen MR) is 60.4 cm³/mol. The number of anilines is 1. The number of carbonyl (C=O) groups excluding carboxylic acids is 1. The molecule has 0 saturated carbocycles. The highest BCUT2D eigenvalue weighted by atomic mass is 16.5. The Morgan fingerprint density at radius 3 is 2.75 bits per heavy atom. The summed E-state index contributed by atoms with van der Waals surface area (Å²) < 4.78 is 4.90. The normalized spacial score (nSPS) is 10.4. The van der Waals surface area contributed by atoms with Gasteiger partial charge in [0.25, 0.3) is 5.91 Å². The van der Waals surface area contributed by atoms with Gasteiger partial charge in [-0.2, -0.15) is 5.26 Å². The average Bonchev–Trinajstić information content (AvgIpc) is 2.31. The van der Waals surface area contributed by atoms with Gasteiger partial charge >= 0.3 is 0 Å². The lowest BCUT2D eigenvalue weighted by atomic mass is 10.2. The number of nitriles is 1. The summed E-state index contributed by atoms with van der Waals surface area (Å²) in [6.07, 6.45) is 1.16. The quantitative estimate of drug-likeness (QED) is 0.476. The topological polar surface area (TPSA) is 62.1 Å². The van der Waals surface area contributed by atoms with Crippen LogP contribution in [0.2, 0.25) is 0 Å². The molecule has 0 saturated heterocycles. The van der Waals surface area contributed by atoms with Crippen molar-refractivity contribution in [2.24, 2.45) is 0 Å². The zero-order chi connectivity index (χ0) is 11.8. The van der Waals surface area contributed by atoms with Gasteiger partial charge in [-0.25, -0.2) is 0 Å². The number of nitrogens with one attached hydrogen (secondary N) is 1. The van der Waals surface area contributed by atoms with Crippen molar-refractivity contribution in [2.75, 3.05) is 11.9 Å². The Kier molecular flexibility index (Phi) is 4.61. The Balaban J connectivity index is 2.68. The molecule has 0 bridgehead atoms. The first-order chi connectivity index (χ1) is 7.77. The fourth-order valence-electron chi connectivity index (χ4n) is 1.02. The average molecular weight is 216 g/mol. The second-order valence-corrected chi connectivity index (χ2v) is 2.92. The fourth-order valence-corrected chi connectivity index (χ4v) is 1.02. The molecule has 0 aliphatic rings. The third-order valence-electron chi connectivity index (χ3n) is 1.76. The molecule has 16 heavy (non-hydrogen) atoms. The van der Waals surface area contributed by atoms with Crippen LogP contribution in [0.4, 0.5) is 5.69 Å². The first-order valence-corrected chi connectivity index (χ1v) is 4.86. The number of rotatable bonds is 4. The summed E-state index contributed by atoms with van der Waals surface area (Å²) in [5.41, 5.74) is 0.593. The van der Waals surface area contributed by atoms with Crippen molar-refractivity contribution in [3.8, 4) is 6.07 Å². The van der Waals surface area contributed by atoms with Crippen molar-refractivity contribution in [1.82, 2.24) is 0 Å². The van der Waals surface area contributed by atoms with Crippen molar-refractivity contribution in [2.45, 2.75) is 6.92 Å². The molecule has 1 N–H and O–H groups in total. The minimum Gasteiger partial charge on any atom is -0.500 e. The maximum atomic E-state index is 11.6. The molecule has 0 atom stereocenters. The predicted octanol–water partition coefficient (Wildman–Crippen LogP) is 2.07. The van der Waals surface area contributed by atoms with Gasteiger partial charge in [-0.15, -0.1) is 0 Å². The van der Waals surface area contributed by atoms with Gasteiger partial charge in [0, 0.05) is 5.69 Å². The van der Waals surface area contributed by atoms with Gasteiger partial charge in [0.05, 0.1) is 6.61 Å². The van der Waals surface area contributed by atoms with E-state index in [0.29, 0.717) is 12.3 Å². The van der Waals surface area contributed by atoms with E-state index in [4.69, 9.17) is 10.00 Å². The highest BCUT2D eigenvalue weighted by molar-refractivity contribution is 6.06. The lowest BCUT2D eigenvalue weighted by Crippen LogP contribution is -2.13. The summed E-state index contributed by atoms with van der Waals surface area (Å²) in [5.74, 6) is -0.470. The molecule has 1 amide bonds. The largest absolute Gasteiger partial charge is 0.500 e. The van der Waals surface area contributed by atoms with Crippen molar-refractivity contribution < 1.29 is 9.53 Å². The highest BCUT2D eigenvalue weighted by Crippen LogP contribution is 2.07. The van der Waals surface area contributed by atoms with Crippen LogP contribution in [0, 0.1) is 11.3 Å². The lowest BCUT2D eigenvalue weighted by Gasteiger charge is -2.03. The number of para-hydroxylation sites is 1. The number of hydrogen-bond donors (Lipinski definition) is 1. The van der Waals surface area contributed by atoms with E-state index in [1.54, 1.807) is 37.3 Å². The van der Waals surface area contributed by atoms with E-state index in [1.807, 2.05) is 6.07 Å². The van der Waals surface area contributed by atoms with Crippen LogP contribution in [0.5, 0.6) is 0 Å². The van der Waals surface area contributed by atoms with Crippen LogP contribution in [0.15, 0.2) is 42.2 Å². The SMILES string of the molecule is CCO/C=C(\C#N)C(=O)Nc1ccccc1. The first kappa shape index (κ1) is 11.8. The summed E-state index contributed by atoms with van der Waals surface area (Å²) in [6.45, 7) is 2.20. The van der Waals surface area contributed by atoms with Crippen LogP contribution in [0.1, 0.15) is 6.92 Å². The summed E-state index contributed by atoms with van der Waals surface area (Å²) in [6, 6.07) is 10.7. The van der Waals surface area contributed by atoms with Gasteiger partial charge in [-0.3, -0.25) is 4.79 Å². The molecule has 1 aromatic rings. The number of benzene rings is 1. The molecular formula is C12H12N2O2. The Bertz CT molecular complexity index is 418. The smallest absolute Gasteiger partial charge is 0.269 e. The van der Waals surface area contributed by atoms with Crippen molar-refractivity contribution in [3.63, 3.8) is 0 Å². The maximum absolute atomic E-state index is 11.6. The van der Waals surface area contributed by atoms with Crippen molar-refractivity contribution in [1.29, 1.82) is 5.26 Å². The van der Waals surface area contributed by atoms with E-state index in [1.165, 1.54) is 0 Å². The van der Waals surface area contributed by atoms with Crippen LogP contribution in [0.25, 0.3) is 0 Å². The Morgan fingerprint density at radius 1 is 1.50 bits per heavy atom. The molecule has 4 nitrogen and oxygen atoms in total. The molecule has 0 aliphatic carbocycles. The molecule has 0 unspecified atom stereocenters. The molecule has 0 spiro atoms. The van der Waals surface area contributed by atoms with Gasteiger partial charge in [0.2, 0.25) is 0 Å². The molecule has 0 aromatic heterocycles. The van der Waals surface area contributed by atoms with E-state index in [0.717, 1.165) is 6.26 Å². The number of amides is 1. The molecule has 1 aromatic carbocycles. The molecule has 0 aliphatic heterocycles. The van der Waals surface area contributed by atoms with Crippen LogP contribution in [0.3, 0.4) is 0 Å². The Morgan fingerprint density at radius 2 is 2.19 bits per heavy atom.